The SMILES string of the molecule is Nc1ccc(CCn2cc(Cl)cn2)cc1. The Balaban J connectivity index is 1.96. The van der Waals surface area contributed by atoms with E-state index in [1.165, 1.54) is 5.56 Å². The van der Waals surface area contributed by atoms with Crippen LogP contribution < -0.4 is 5.73 Å². The molecule has 0 aliphatic heterocycles. The van der Waals surface area contributed by atoms with Crippen molar-refractivity contribution in [1.82, 2.24) is 9.78 Å². The molecule has 0 saturated carbocycles. The van der Waals surface area contributed by atoms with Gasteiger partial charge in [-0.05, 0) is 24.1 Å². The first-order valence-electron chi connectivity index (χ1n) is 4.76. The molecule has 0 radical (unpaired) electrons. The summed E-state index contributed by atoms with van der Waals surface area (Å²) >= 11 is 5.76. The first-order chi connectivity index (χ1) is 7.24. The van der Waals surface area contributed by atoms with Gasteiger partial charge in [0, 0.05) is 18.4 Å². The van der Waals surface area contributed by atoms with Crippen molar-refractivity contribution in [1.29, 1.82) is 0 Å². The van der Waals surface area contributed by atoms with Crippen LogP contribution in [0.2, 0.25) is 5.02 Å². The number of benzene rings is 1. The van der Waals surface area contributed by atoms with E-state index in [1.807, 2.05) is 35.1 Å². The maximum absolute atomic E-state index is 5.76. The third-order valence-corrected chi connectivity index (χ3v) is 2.41. The van der Waals surface area contributed by atoms with Gasteiger partial charge in [-0.2, -0.15) is 5.10 Å². The molecular formula is C11H12ClN3. The number of aryl methyl sites for hydroxylation is 2. The Labute approximate surface area is 93.5 Å². The summed E-state index contributed by atoms with van der Waals surface area (Å²) in [4.78, 5) is 0. The van der Waals surface area contributed by atoms with Gasteiger partial charge in [-0.1, -0.05) is 23.7 Å². The third-order valence-electron chi connectivity index (χ3n) is 2.21. The van der Waals surface area contributed by atoms with Gasteiger partial charge in [0.2, 0.25) is 0 Å². The van der Waals surface area contributed by atoms with Crippen LogP contribution in [0.15, 0.2) is 36.7 Å². The molecule has 1 aromatic heterocycles. The normalized spacial score (nSPS) is 10.5. The van der Waals surface area contributed by atoms with Gasteiger partial charge in [-0.3, -0.25) is 4.68 Å². The monoisotopic (exact) mass is 221 g/mol. The van der Waals surface area contributed by atoms with E-state index in [0.29, 0.717) is 5.02 Å². The predicted octanol–water partition coefficient (Wildman–Crippen LogP) is 2.36. The van der Waals surface area contributed by atoms with Crippen LogP contribution in [0.1, 0.15) is 5.56 Å². The summed E-state index contributed by atoms with van der Waals surface area (Å²) in [7, 11) is 0. The molecule has 0 fully saturated rings. The molecule has 0 saturated heterocycles. The quantitative estimate of drug-likeness (QED) is 0.809. The van der Waals surface area contributed by atoms with Crippen molar-refractivity contribution in [2.24, 2.45) is 0 Å². The number of rotatable bonds is 3. The zero-order valence-electron chi connectivity index (χ0n) is 8.23. The number of nitrogens with two attached hydrogens (primary N) is 1. The lowest BCUT2D eigenvalue weighted by molar-refractivity contribution is 0.615. The van der Waals surface area contributed by atoms with Gasteiger partial charge in [0.25, 0.3) is 0 Å². The molecule has 2 aromatic rings. The standard InChI is InChI=1S/C11H12ClN3/c12-10-7-14-15(8-10)6-5-9-1-3-11(13)4-2-9/h1-4,7-8H,5-6,13H2. The smallest absolute Gasteiger partial charge is 0.0785 e. The summed E-state index contributed by atoms with van der Waals surface area (Å²) < 4.78 is 1.83. The lowest BCUT2D eigenvalue weighted by Crippen LogP contribution is -2.01. The second kappa shape index (κ2) is 4.36. The molecule has 2 rings (SSSR count). The third kappa shape index (κ3) is 2.73. The average Bonchev–Trinajstić information content (AvgIpc) is 2.64. The Kier molecular flexibility index (Phi) is 2.92. The molecule has 0 atom stereocenters. The molecule has 2 N–H and O–H groups in total. The van der Waals surface area contributed by atoms with Gasteiger partial charge >= 0.3 is 0 Å². The van der Waals surface area contributed by atoms with Crippen molar-refractivity contribution < 1.29 is 0 Å². The topological polar surface area (TPSA) is 43.8 Å². The van der Waals surface area contributed by atoms with E-state index in [9.17, 15) is 0 Å². The summed E-state index contributed by atoms with van der Waals surface area (Å²) in [6.45, 7) is 0.830. The molecule has 0 aliphatic carbocycles. The molecule has 15 heavy (non-hydrogen) atoms. The Bertz CT molecular complexity index is 433. The number of hydrogen-bond acceptors (Lipinski definition) is 2. The molecule has 0 amide bonds. The van der Waals surface area contributed by atoms with Crippen LogP contribution in [-0.2, 0) is 13.0 Å². The molecule has 0 bridgehead atoms. The zero-order valence-corrected chi connectivity index (χ0v) is 8.98. The fourth-order valence-electron chi connectivity index (χ4n) is 1.39. The highest BCUT2D eigenvalue weighted by Crippen LogP contribution is 2.08. The molecular weight excluding hydrogens is 210 g/mol. The maximum Gasteiger partial charge on any atom is 0.0785 e. The summed E-state index contributed by atoms with van der Waals surface area (Å²) in [5, 5.41) is 4.78. The first-order valence-corrected chi connectivity index (χ1v) is 5.14. The minimum absolute atomic E-state index is 0.673. The van der Waals surface area contributed by atoms with Crippen molar-refractivity contribution >= 4 is 17.3 Å². The fourth-order valence-corrected chi connectivity index (χ4v) is 1.54. The summed E-state index contributed by atoms with van der Waals surface area (Å²) in [6, 6.07) is 7.87. The Hall–Kier alpha value is -1.48. The van der Waals surface area contributed by atoms with Crippen LogP contribution in [0.25, 0.3) is 0 Å². The Morgan fingerprint density at radius 3 is 2.60 bits per heavy atom. The van der Waals surface area contributed by atoms with Gasteiger partial charge in [-0.25, -0.2) is 0 Å². The van der Waals surface area contributed by atoms with Crippen LogP contribution in [-0.4, -0.2) is 9.78 Å². The lowest BCUT2D eigenvalue weighted by Gasteiger charge is -2.02. The second-order valence-electron chi connectivity index (χ2n) is 3.41. The number of halogens is 1. The highest BCUT2D eigenvalue weighted by atomic mass is 35.5. The van der Waals surface area contributed by atoms with Gasteiger partial charge in [-0.15, -0.1) is 0 Å². The maximum atomic E-state index is 5.76. The molecule has 0 spiro atoms. The molecule has 0 unspecified atom stereocenters. The highest BCUT2D eigenvalue weighted by Gasteiger charge is 1.97. The summed E-state index contributed by atoms with van der Waals surface area (Å²) in [5.41, 5.74) is 7.64. The number of nitrogen functional groups attached to an aromatic ring is 1. The van der Waals surface area contributed by atoms with E-state index < -0.39 is 0 Å². The predicted molar refractivity (Wildman–Crippen MR) is 61.8 cm³/mol. The summed E-state index contributed by atoms with van der Waals surface area (Å²) in [6.07, 6.45) is 4.39. The Morgan fingerprint density at radius 1 is 1.27 bits per heavy atom. The molecule has 78 valence electrons. The van der Waals surface area contributed by atoms with Gasteiger partial charge in [0.05, 0.1) is 11.2 Å². The van der Waals surface area contributed by atoms with E-state index in [1.54, 1.807) is 6.20 Å². The van der Waals surface area contributed by atoms with Crippen LogP contribution in [0.5, 0.6) is 0 Å². The van der Waals surface area contributed by atoms with Crippen LogP contribution >= 0.6 is 11.6 Å². The fraction of sp³-hybridized carbons (Fsp3) is 0.182. The van der Waals surface area contributed by atoms with E-state index in [4.69, 9.17) is 17.3 Å². The lowest BCUT2D eigenvalue weighted by atomic mass is 10.1. The van der Waals surface area contributed by atoms with Crippen molar-refractivity contribution in [2.75, 3.05) is 5.73 Å². The molecule has 1 heterocycles. The van der Waals surface area contributed by atoms with Crippen molar-refractivity contribution in [3.63, 3.8) is 0 Å². The van der Waals surface area contributed by atoms with E-state index in [0.717, 1.165) is 18.7 Å². The van der Waals surface area contributed by atoms with Crippen molar-refractivity contribution in [3.8, 4) is 0 Å². The minimum atomic E-state index is 0.673. The van der Waals surface area contributed by atoms with Gasteiger partial charge in [0.15, 0.2) is 0 Å². The minimum Gasteiger partial charge on any atom is -0.399 e. The molecule has 4 heteroatoms. The van der Waals surface area contributed by atoms with Crippen molar-refractivity contribution in [3.05, 3.63) is 47.2 Å². The van der Waals surface area contributed by atoms with Crippen LogP contribution in [0, 0.1) is 0 Å². The highest BCUT2D eigenvalue weighted by molar-refractivity contribution is 6.30. The second-order valence-corrected chi connectivity index (χ2v) is 3.85. The van der Waals surface area contributed by atoms with Gasteiger partial charge in [0.1, 0.15) is 0 Å². The first kappa shape index (κ1) is 10.1. The average molecular weight is 222 g/mol. The summed E-state index contributed by atoms with van der Waals surface area (Å²) in [5.74, 6) is 0. The number of hydrogen-bond donors (Lipinski definition) is 1. The number of nitrogens with zero attached hydrogens (tertiary/aromatic N) is 2. The largest absolute Gasteiger partial charge is 0.399 e. The zero-order chi connectivity index (χ0) is 10.7. The van der Waals surface area contributed by atoms with Crippen LogP contribution in [0.3, 0.4) is 0 Å². The number of anilines is 1. The van der Waals surface area contributed by atoms with Crippen LogP contribution in [0.4, 0.5) is 5.69 Å². The van der Waals surface area contributed by atoms with E-state index in [2.05, 4.69) is 5.10 Å². The molecule has 3 nitrogen and oxygen atoms in total. The molecule has 0 aliphatic rings. The molecule has 1 aromatic carbocycles. The van der Waals surface area contributed by atoms with E-state index >= 15 is 0 Å². The Morgan fingerprint density at radius 2 is 2.00 bits per heavy atom. The van der Waals surface area contributed by atoms with E-state index in [-0.39, 0.29) is 0 Å². The van der Waals surface area contributed by atoms with Gasteiger partial charge < -0.3 is 5.73 Å². The number of aromatic nitrogens is 2. The van der Waals surface area contributed by atoms with Crippen molar-refractivity contribution in [2.45, 2.75) is 13.0 Å².